The van der Waals surface area contributed by atoms with Crippen molar-refractivity contribution in [2.45, 2.75) is 37.3 Å². The van der Waals surface area contributed by atoms with Gasteiger partial charge < -0.3 is 19.9 Å². The number of hydrogen-bond donors (Lipinski definition) is 2. The fourth-order valence-electron chi connectivity index (χ4n) is 5.34. The molecule has 5 rings (SSSR count). The summed E-state index contributed by atoms with van der Waals surface area (Å²) in [5.74, 6) is -0.320. The van der Waals surface area contributed by atoms with Crippen molar-refractivity contribution in [3.63, 3.8) is 0 Å². The second-order valence-electron chi connectivity index (χ2n) is 8.69. The van der Waals surface area contributed by atoms with Crippen molar-refractivity contribution in [1.82, 2.24) is 15.2 Å². The molecule has 1 amide bonds. The molecular formula is C23H25N3O4. The minimum absolute atomic E-state index is 0.0749. The summed E-state index contributed by atoms with van der Waals surface area (Å²) in [6, 6.07) is 11.2. The lowest BCUT2D eigenvalue weighted by Gasteiger charge is -2.37. The quantitative estimate of drug-likeness (QED) is 0.741. The summed E-state index contributed by atoms with van der Waals surface area (Å²) in [6.45, 7) is 2.36. The van der Waals surface area contributed by atoms with Gasteiger partial charge in [0.2, 0.25) is 0 Å². The molecule has 2 atom stereocenters. The van der Waals surface area contributed by atoms with Gasteiger partial charge in [-0.3, -0.25) is 9.59 Å². The molecule has 1 aromatic heterocycles. The van der Waals surface area contributed by atoms with Crippen molar-refractivity contribution < 1.29 is 14.3 Å². The van der Waals surface area contributed by atoms with Gasteiger partial charge in [0.25, 0.3) is 11.5 Å². The molecule has 0 saturated carbocycles. The van der Waals surface area contributed by atoms with Crippen molar-refractivity contribution in [3.05, 3.63) is 69.1 Å². The molecule has 2 N–H and O–H groups in total. The van der Waals surface area contributed by atoms with E-state index >= 15 is 0 Å². The molecule has 1 saturated heterocycles. The first kappa shape index (κ1) is 19.1. The minimum Gasteiger partial charge on any atom is -0.467 e. The largest absolute Gasteiger partial charge is 0.467 e. The Morgan fingerprint density at radius 2 is 1.87 bits per heavy atom. The van der Waals surface area contributed by atoms with E-state index in [1.807, 2.05) is 30.3 Å². The number of carbonyl (C=O) groups is 2. The average molecular weight is 407 g/mol. The third kappa shape index (κ3) is 2.96. The van der Waals surface area contributed by atoms with Crippen LogP contribution in [0.15, 0.2) is 41.2 Å². The van der Waals surface area contributed by atoms with Gasteiger partial charge in [-0.15, -0.1) is 0 Å². The lowest BCUT2D eigenvalue weighted by atomic mass is 9.84. The van der Waals surface area contributed by atoms with Gasteiger partial charge in [0.15, 0.2) is 0 Å². The van der Waals surface area contributed by atoms with Crippen LogP contribution >= 0.6 is 0 Å². The third-order valence-corrected chi connectivity index (χ3v) is 6.79. The van der Waals surface area contributed by atoms with Crippen molar-refractivity contribution in [2.24, 2.45) is 5.92 Å². The molecule has 2 bridgehead atoms. The number of rotatable bonds is 3. The molecule has 0 unspecified atom stereocenters. The Hall–Kier alpha value is -2.93. The zero-order chi connectivity index (χ0) is 20.9. The number of piperidine rings is 1. The maximum Gasteiger partial charge on any atom is 0.332 e. The number of esters is 1. The smallest absolute Gasteiger partial charge is 0.332 e. The molecule has 2 aromatic rings. The molecule has 7 heteroatoms. The maximum absolute atomic E-state index is 13.2. The fraction of sp³-hybridized carbons (Fsp3) is 0.435. The van der Waals surface area contributed by atoms with Crippen molar-refractivity contribution in [2.75, 3.05) is 20.2 Å². The number of pyridine rings is 1. The van der Waals surface area contributed by atoms with Crippen LogP contribution in [-0.2, 0) is 28.9 Å². The van der Waals surface area contributed by atoms with Crippen LogP contribution in [0.1, 0.15) is 39.5 Å². The maximum atomic E-state index is 13.2. The molecule has 0 radical (unpaired) electrons. The van der Waals surface area contributed by atoms with Gasteiger partial charge in [0, 0.05) is 37.5 Å². The Balaban J connectivity index is 1.47. The number of aromatic nitrogens is 1. The van der Waals surface area contributed by atoms with E-state index in [9.17, 15) is 14.4 Å². The van der Waals surface area contributed by atoms with E-state index in [1.165, 1.54) is 7.11 Å². The van der Waals surface area contributed by atoms with Crippen molar-refractivity contribution in [1.29, 1.82) is 0 Å². The highest BCUT2D eigenvalue weighted by Gasteiger charge is 2.46. The van der Waals surface area contributed by atoms with Crippen LogP contribution in [0.4, 0.5) is 0 Å². The highest BCUT2D eigenvalue weighted by Crippen LogP contribution is 2.33. The minimum atomic E-state index is -1.19. The summed E-state index contributed by atoms with van der Waals surface area (Å²) in [4.78, 5) is 39.1. The lowest BCUT2D eigenvalue weighted by Crippen LogP contribution is -2.57. The number of nitrogens with zero attached hydrogens (tertiary/aromatic N) is 1. The summed E-state index contributed by atoms with van der Waals surface area (Å²) in [5.41, 5.74) is 1.60. The van der Waals surface area contributed by atoms with Gasteiger partial charge in [-0.1, -0.05) is 24.3 Å². The molecule has 156 valence electrons. The van der Waals surface area contributed by atoms with Crippen LogP contribution in [0, 0.1) is 5.92 Å². The summed E-state index contributed by atoms with van der Waals surface area (Å²) < 4.78 is 6.79. The number of benzene rings is 1. The van der Waals surface area contributed by atoms with E-state index in [4.69, 9.17) is 4.74 Å². The van der Waals surface area contributed by atoms with Crippen LogP contribution in [0.25, 0.3) is 0 Å². The van der Waals surface area contributed by atoms with Crippen LogP contribution in [0.3, 0.4) is 0 Å². The number of carbonyl (C=O) groups excluding carboxylic acids is 2. The van der Waals surface area contributed by atoms with Crippen LogP contribution in [0.2, 0.25) is 0 Å². The van der Waals surface area contributed by atoms with Gasteiger partial charge in [-0.25, -0.2) is 4.79 Å². The molecule has 30 heavy (non-hydrogen) atoms. The Labute approximate surface area is 174 Å². The van der Waals surface area contributed by atoms with E-state index in [0.717, 1.165) is 36.3 Å². The van der Waals surface area contributed by atoms with Gasteiger partial charge in [-0.2, -0.15) is 0 Å². The Morgan fingerprint density at radius 3 is 2.57 bits per heavy atom. The standard InChI is InChI=1S/C23H25N3O4/c1-30-22(29)23(9-15-4-2-3-5-16(15)10-23)25-20(27)18-6-7-19-17-8-14(11-24-12-17)13-26(19)21(18)28/h2-7,14,17,24H,8-13H2,1H3,(H,25,27)/t14-,17+/m0/s1. The summed E-state index contributed by atoms with van der Waals surface area (Å²) in [5, 5.41) is 6.28. The molecule has 1 aromatic carbocycles. The van der Waals surface area contributed by atoms with Gasteiger partial charge >= 0.3 is 5.97 Å². The molecule has 2 aliphatic heterocycles. The predicted octanol–water partition coefficient (Wildman–Crippen LogP) is 0.995. The highest BCUT2D eigenvalue weighted by molar-refractivity contribution is 5.98. The first-order valence-electron chi connectivity index (χ1n) is 10.4. The molecule has 0 spiro atoms. The predicted molar refractivity (Wildman–Crippen MR) is 110 cm³/mol. The second-order valence-corrected chi connectivity index (χ2v) is 8.69. The number of methoxy groups -OCH3 is 1. The van der Waals surface area contributed by atoms with E-state index < -0.39 is 17.4 Å². The van der Waals surface area contributed by atoms with Crippen LogP contribution in [-0.4, -0.2) is 42.2 Å². The third-order valence-electron chi connectivity index (χ3n) is 6.79. The summed E-state index contributed by atoms with van der Waals surface area (Å²) in [6.07, 6.45) is 1.77. The zero-order valence-corrected chi connectivity index (χ0v) is 16.9. The van der Waals surface area contributed by atoms with Crippen LogP contribution < -0.4 is 16.2 Å². The number of ether oxygens (including phenoxy) is 1. The number of fused-ring (bicyclic) bond motifs is 5. The number of amides is 1. The molecule has 1 aliphatic carbocycles. The van der Waals surface area contributed by atoms with Crippen LogP contribution in [0.5, 0.6) is 0 Å². The van der Waals surface area contributed by atoms with Gasteiger partial charge in [0.1, 0.15) is 11.1 Å². The van der Waals surface area contributed by atoms with Gasteiger partial charge in [-0.05, 0) is 42.1 Å². The Bertz CT molecular complexity index is 1070. The summed E-state index contributed by atoms with van der Waals surface area (Å²) in [7, 11) is 1.32. The van der Waals surface area contributed by atoms with Gasteiger partial charge in [0.05, 0.1) is 7.11 Å². The number of nitrogens with one attached hydrogen (secondary N) is 2. The lowest BCUT2D eigenvalue weighted by molar-refractivity contribution is -0.147. The molecule has 1 fully saturated rings. The topological polar surface area (TPSA) is 89.4 Å². The fourth-order valence-corrected chi connectivity index (χ4v) is 5.34. The van der Waals surface area contributed by atoms with E-state index in [-0.39, 0.29) is 11.1 Å². The molecule has 3 aliphatic rings. The first-order chi connectivity index (χ1) is 14.5. The Morgan fingerprint density at radius 1 is 1.13 bits per heavy atom. The average Bonchev–Trinajstić information content (AvgIpc) is 3.13. The van der Waals surface area contributed by atoms with E-state index in [1.54, 1.807) is 10.6 Å². The van der Waals surface area contributed by atoms with Crippen molar-refractivity contribution in [3.8, 4) is 0 Å². The molecule has 3 heterocycles. The molecular weight excluding hydrogens is 382 g/mol. The zero-order valence-electron chi connectivity index (χ0n) is 16.9. The normalized spacial score (nSPS) is 23.2. The first-order valence-corrected chi connectivity index (χ1v) is 10.4. The number of hydrogen-bond acceptors (Lipinski definition) is 5. The SMILES string of the molecule is COC(=O)C1(NC(=O)c2ccc3n(c2=O)C[C@@H]2CNC[C@H]3C2)Cc2ccccc2C1. The monoisotopic (exact) mass is 407 g/mol. The van der Waals surface area contributed by atoms with E-state index in [0.29, 0.717) is 31.2 Å². The van der Waals surface area contributed by atoms with Crippen molar-refractivity contribution >= 4 is 11.9 Å². The highest BCUT2D eigenvalue weighted by atomic mass is 16.5. The second kappa shape index (κ2) is 7.09. The summed E-state index contributed by atoms with van der Waals surface area (Å²) >= 11 is 0. The molecule has 7 nitrogen and oxygen atoms in total. The van der Waals surface area contributed by atoms with E-state index in [2.05, 4.69) is 10.6 Å². The Kier molecular flexibility index (Phi) is 4.50.